The van der Waals surface area contributed by atoms with Gasteiger partial charge in [0.1, 0.15) is 17.7 Å². The minimum Gasteiger partial charge on any atom is -0.480 e. The summed E-state index contributed by atoms with van der Waals surface area (Å²) in [5.41, 5.74) is 0.981. The average molecular weight is 277 g/mol. The van der Waals surface area contributed by atoms with Crippen LogP contribution in [0.25, 0.3) is 0 Å². The van der Waals surface area contributed by atoms with Crippen LogP contribution in [0.15, 0.2) is 6.07 Å². The smallest absolute Gasteiger partial charge is 0.326 e. The fraction of sp³-hybridized carbons (Fsp3) is 0.667. The van der Waals surface area contributed by atoms with Crippen LogP contribution in [0.4, 0.5) is 5.82 Å². The van der Waals surface area contributed by atoms with E-state index in [4.69, 9.17) is 0 Å². The van der Waals surface area contributed by atoms with Crippen LogP contribution in [0, 0.1) is 0 Å². The van der Waals surface area contributed by atoms with Crippen LogP contribution in [0.3, 0.4) is 0 Å². The molecule has 2 heterocycles. The Labute approximate surface area is 120 Å². The molecule has 1 aromatic rings. The van der Waals surface area contributed by atoms with Crippen molar-refractivity contribution >= 4 is 11.8 Å². The maximum Gasteiger partial charge on any atom is 0.326 e. The summed E-state index contributed by atoms with van der Waals surface area (Å²) in [6.07, 6.45) is 1.59. The van der Waals surface area contributed by atoms with E-state index in [0.717, 1.165) is 30.3 Å². The van der Waals surface area contributed by atoms with Gasteiger partial charge in [0.05, 0.1) is 0 Å². The van der Waals surface area contributed by atoms with E-state index in [0.29, 0.717) is 12.3 Å². The van der Waals surface area contributed by atoms with Crippen LogP contribution in [0.2, 0.25) is 0 Å². The van der Waals surface area contributed by atoms with E-state index in [-0.39, 0.29) is 5.92 Å². The largest absolute Gasteiger partial charge is 0.480 e. The Balaban J connectivity index is 2.42. The third-order valence-corrected chi connectivity index (χ3v) is 3.69. The molecule has 1 aliphatic rings. The molecular weight excluding hydrogens is 254 g/mol. The highest BCUT2D eigenvalue weighted by atomic mass is 16.4. The molecule has 5 heteroatoms. The second-order valence-corrected chi connectivity index (χ2v) is 6.01. The highest BCUT2D eigenvalue weighted by Crippen LogP contribution is 2.27. The SMILES string of the molecule is CC(C)c1cc(N2CCCC2C(=O)O)nc(C(C)C)n1. The zero-order chi connectivity index (χ0) is 14.9. The van der Waals surface area contributed by atoms with Gasteiger partial charge < -0.3 is 10.0 Å². The van der Waals surface area contributed by atoms with Gasteiger partial charge in [0.25, 0.3) is 0 Å². The van der Waals surface area contributed by atoms with Crippen molar-refractivity contribution in [2.24, 2.45) is 0 Å². The van der Waals surface area contributed by atoms with Gasteiger partial charge >= 0.3 is 5.97 Å². The lowest BCUT2D eigenvalue weighted by Crippen LogP contribution is -2.36. The van der Waals surface area contributed by atoms with E-state index < -0.39 is 12.0 Å². The van der Waals surface area contributed by atoms with Gasteiger partial charge in [0.2, 0.25) is 0 Å². The number of anilines is 1. The normalized spacial score (nSPS) is 19.1. The van der Waals surface area contributed by atoms with Crippen LogP contribution in [0.5, 0.6) is 0 Å². The Hall–Kier alpha value is -1.65. The Bertz CT molecular complexity index is 474. The van der Waals surface area contributed by atoms with Crippen molar-refractivity contribution in [1.82, 2.24) is 9.97 Å². The Morgan fingerprint density at radius 2 is 2.00 bits per heavy atom. The summed E-state index contributed by atoms with van der Waals surface area (Å²) in [6.45, 7) is 9.05. The molecule has 0 amide bonds. The molecule has 2 rings (SSSR count). The first-order valence-corrected chi connectivity index (χ1v) is 7.28. The van der Waals surface area contributed by atoms with Gasteiger partial charge in [0.15, 0.2) is 0 Å². The number of aromatic nitrogens is 2. The second-order valence-electron chi connectivity index (χ2n) is 6.01. The van der Waals surface area contributed by atoms with Crippen molar-refractivity contribution in [2.45, 2.75) is 58.4 Å². The molecule has 0 radical (unpaired) electrons. The molecule has 1 aliphatic heterocycles. The predicted molar refractivity (Wildman–Crippen MR) is 78.2 cm³/mol. The number of carbonyl (C=O) groups is 1. The number of carboxylic acid groups (broad SMARTS) is 1. The lowest BCUT2D eigenvalue weighted by molar-refractivity contribution is -0.138. The van der Waals surface area contributed by atoms with E-state index in [1.165, 1.54) is 0 Å². The first-order chi connectivity index (χ1) is 9.40. The molecule has 5 nitrogen and oxygen atoms in total. The van der Waals surface area contributed by atoms with Crippen molar-refractivity contribution < 1.29 is 9.90 Å². The maximum atomic E-state index is 11.3. The molecule has 1 saturated heterocycles. The van der Waals surface area contributed by atoms with E-state index in [1.807, 2.05) is 11.0 Å². The molecule has 110 valence electrons. The first kappa shape index (κ1) is 14.8. The third kappa shape index (κ3) is 2.92. The molecule has 1 N–H and O–H groups in total. The first-order valence-electron chi connectivity index (χ1n) is 7.28. The van der Waals surface area contributed by atoms with E-state index in [2.05, 4.69) is 37.7 Å². The van der Waals surface area contributed by atoms with Crippen molar-refractivity contribution in [3.63, 3.8) is 0 Å². The Kier molecular flexibility index (Phi) is 4.26. The van der Waals surface area contributed by atoms with Gasteiger partial charge in [-0.3, -0.25) is 0 Å². The average Bonchev–Trinajstić information content (AvgIpc) is 2.87. The summed E-state index contributed by atoms with van der Waals surface area (Å²) in [4.78, 5) is 22.4. The summed E-state index contributed by atoms with van der Waals surface area (Å²) in [7, 11) is 0. The van der Waals surface area contributed by atoms with Gasteiger partial charge in [-0.05, 0) is 18.8 Å². The van der Waals surface area contributed by atoms with E-state index >= 15 is 0 Å². The van der Waals surface area contributed by atoms with Gasteiger partial charge in [0, 0.05) is 24.2 Å². The summed E-state index contributed by atoms with van der Waals surface area (Å²) < 4.78 is 0. The molecule has 20 heavy (non-hydrogen) atoms. The fourth-order valence-electron chi connectivity index (χ4n) is 2.47. The number of hydrogen-bond donors (Lipinski definition) is 1. The summed E-state index contributed by atoms with van der Waals surface area (Å²) >= 11 is 0. The molecule has 0 saturated carbocycles. The van der Waals surface area contributed by atoms with Crippen LogP contribution < -0.4 is 4.90 Å². The number of rotatable bonds is 4. The number of aliphatic carboxylic acids is 1. The van der Waals surface area contributed by atoms with Crippen molar-refractivity contribution in [3.8, 4) is 0 Å². The Morgan fingerprint density at radius 3 is 2.55 bits per heavy atom. The van der Waals surface area contributed by atoms with Crippen LogP contribution in [-0.2, 0) is 4.79 Å². The fourth-order valence-corrected chi connectivity index (χ4v) is 2.47. The van der Waals surface area contributed by atoms with E-state index in [1.54, 1.807) is 0 Å². The molecule has 0 aromatic carbocycles. The summed E-state index contributed by atoms with van der Waals surface area (Å²) in [5, 5.41) is 9.32. The van der Waals surface area contributed by atoms with Gasteiger partial charge in [-0.1, -0.05) is 27.7 Å². The van der Waals surface area contributed by atoms with Crippen molar-refractivity contribution in [3.05, 3.63) is 17.6 Å². The predicted octanol–water partition coefficient (Wildman–Crippen LogP) is 2.78. The molecule has 1 aromatic heterocycles. The standard InChI is InChI=1S/C15H23N3O2/c1-9(2)11-8-13(17-14(16-11)10(3)4)18-7-5-6-12(18)15(19)20/h8-10,12H,5-7H2,1-4H3,(H,19,20). The quantitative estimate of drug-likeness (QED) is 0.916. The molecular formula is C15H23N3O2. The van der Waals surface area contributed by atoms with Crippen LogP contribution >= 0.6 is 0 Å². The minimum atomic E-state index is -0.765. The molecule has 0 spiro atoms. The molecule has 1 unspecified atom stereocenters. The van der Waals surface area contributed by atoms with Crippen LogP contribution in [0.1, 0.15) is 63.9 Å². The van der Waals surface area contributed by atoms with Crippen molar-refractivity contribution in [2.75, 3.05) is 11.4 Å². The number of nitrogens with zero attached hydrogens (tertiary/aromatic N) is 3. The topological polar surface area (TPSA) is 66.3 Å². The molecule has 0 aliphatic carbocycles. The zero-order valence-electron chi connectivity index (χ0n) is 12.6. The lowest BCUT2D eigenvalue weighted by atomic mass is 10.1. The van der Waals surface area contributed by atoms with Crippen LogP contribution in [-0.4, -0.2) is 33.6 Å². The molecule has 1 atom stereocenters. The third-order valence-electron chi connectivity index (χ3n) is 3.69. The van der Waals surface area contributed by atoms with Crippen molar-refractivity contribution in [1.29, 1.82) is 0 Å². The summed E-state index contributed by atoms with van der Waals surface area (Å²) in [6, 6.07) is 1.49. The second kappa shape index (κ2) is 5.77. The highest BCUT2D eigenvalue weighted by molar-refractivity contribution is 5.78. The monoisotopic (exact) mass is 277 g/mol. The lowest BCUT2D eigenvalue weighted by Gasteiger charge is -2.24. The summed E-state index contributed by atoms with van der Waals surface area (Å²) in [5.74, 6) is 1.33. The van der Waals surface area contributed by atoms with E-state index in [9.17, 15) is 9.90 Å². The minimum absolute atomic E-state index is 0.235. The van der Waals surface area contributed by atoms with Gasteiger partial charge in [-0.15, -0.1) is 0 Å². The number of carboxylic acids is 1. The van der Waals surface area contributed by atoms with Gasteiger partial charge in [-0.25, -0.2) is 14.8 Å². The number of hydrogen-bond acceptors (Lipinski definition) is 4. The molecule has 0 bridgehead atoms. The Morgan fingerprint density at radius 1 is 1.30 bits per heavy atom. The molecule has 1 fully saturated rings. The highest BCUT2D eigenvalue weighted by Gasteiger charge is 2.32. The zero-order valence-corrected chi connectivity index (χ0v) is 12.6. The maximum absolute atomic E-state index is 11.3. The van der Waals surface area contributed by atoms with Gasteiger partial charge in [-0.2, -0.15) is 0 Å².